The summed E-state index contributed by atoms with van der Waals surface area (Å²) in [6.07, 6.45) is -0.0419. The van der Waals surface area contributed by atoms with Crippen LogP contribution in [0.4, 0.5) is 5.82 Å². The average Bonchev–Trinajstić information content (AvgIpc) is 3.45. The Morgan fingerprint density at radius 1 is 1.09 bits per heavy atom. The van der Waals surface area contributed by atoms with E-state index in [4.69, 9.17) is 29.1 Å². The highest BCUT2D eigenvalue weighted by Gasteiger charge is 2.51. The van der Waals surface area contributed by atoms with Crippen molar-refractivity contribution in [3.63, 3.8) is 0 Å². The molecule has 3 aromatic rings. The molecule has 1 fully saturated rings. The lowest BCUT2D eigenvalue weighted by atomic mass is 10.1. The van der Waals surface area contributed by atoms with Crippen molar-refractivity contribution < 1.29 is 37.7 Å². The Morgan fingerprint density at radius 2 is 1.82 bits per heavy atom. The number of ether oxygens (including phenoxy) is 4. The molecule has 4 rings (SSSR count). The Balaban J connectivity index is 1.87. The molecule has 0 radical (unpaired) electrons. The van der Waals surface area contributed by atoms with Crippen LogP contribution in [0.5, 0.6) is 0 Å². The maximum absolute atomic E-state index is 12.0. The van der Waals surface area contributed by atoms with E-state index in [1.165, 1.54) is 39.6 Å². The van der Waals surface area contributed by atoms with Gasteiger partial charge in [-0.15, -0.1) is 0 Å². The molecule has 1 saturated heterocycles. The first-order valence-electron chi connectivity index (χ1n) is 9.90. The maximum atomic E-state index is 12.0. The highest BCUT2D eigenvalue weighted by Crippen LogP contribution is 2.39. The lowest BCUT2D eigenvalue weighted by Crippen LogP contribution is -2.40. The van der Waals surface area contributed by atoms with Gasteiger partial charge in [-0.1, -0.05) is 0 Å². The second-order valence-corrected chi connectivity index (χ2v) is 7.26. The van der Waals surface area contributed by atoms with Gasteiger partial charge < -0.3 is 29.1 Å². The van der Waals surface area contributed by atoms with E-state index in [2.05, 4.69) is 15.0 Å². The molecule has 2 N–H and O–H groups in total. The minimum atomic E-state index is -1.12. The van der Waals surface area contributed by atoms with E-state index in [9.17, 15) is 14.4 Å². The van der Waals surface area contributed by atoms with E-state index >= 15 is 0 Å². The van der Waals surface area contributed by atoms with Crippen molar-refractivity contribution in [2.75, 3.05) is 12.3 Å². The average molecular weight is 459 g/mol. The van der Waals surface area contributed by atoms with E-state index in [-0.39, 0.29) is 23.6 Å². The van der Waals surface area contributed by atoms with Gasteiger partial charge in [-0.25, -0.2) is 15.0 Å². The summed E-state index contributed by atoms with van der Waals surface area (Å²) in [6.45, 7) is 3.41. The number of esters is 3. The molecule has 3 aromatic heterocycles. The van der Waals surface area contributed by atoms with Gasteiger partial charge in [0.2, 0.25) is 0 Å². The van der Waals surface area contributed by atoms with Crippen molar-refractivity contribution in [3.8, 4) is 11.4 Å². The highest BCUT2D eigenvalue weighted by atomic mass is 16.7. The molecule has 2 unspecified atom stereocenters. The summed E-state index contributed by atoms with van der Waals surface area (Å²) in [6, 6.07) is 1.66. The van der Waals surface area contributed by atoms with E-state index in [1.54, 1.807) is 10.6 Å². The second kappa shape index (κ2) is 8.86. The maximum Gasteiger partial charge on any atom is 0.303 e. The third-order valence-electron chi connectivity index (χ3n) is 4.88. The molecule has 0 bridgehead atoms. The standard InChI is InChI=1S/C20H21N5O8/c1-9(26)30-7-13-15(31-10(2)27)16(32-11(3)28)20(33-13)25-18(12-4-5-29-6-12)24-14-17(21)22-8-23-19(14)25/h4-6,8,13,15-16,20H,7H2,1-3H3,(H2,21,22,23)/t13-,15?,16?,20-/m1/s1. The molecule has 0 saturated carbocycles. The smallest absolute Gasteiger partial charge is 0.303 e. The number of aromatic nitrogens is 4. The van der Waals surface area contributed by atoms with Gasteiger partial charge >= 0.3 is 17.9 Å². The van der Waals surface area contributed by atoms with Crippen LogP contribution in [-0.4, -0.2) is 62.3 Å². The number of anilines is 1. The van der Waals surface area contributed by atoms with Crippen LogP contribution < -0.4 is 5.73 Å². The minimum Gasteiger partial charge on any atom is -0.472 e. The molecule has 1 aliphatic rings. The lowest BCUT2D eigenvalue weighted by molar-refractivity contribution is -0.166. The van der Waals surface area contributed by atoms with E-state index in [1.807, 2.05) is 0 Å². The number of rotatable bonds is 6. The van der Waals surface area contributed by atoms with E-state index < -0.39 is 42.4 Å². The molecule has 1 aliphatic heterocycles. The molecule has 0 amide bonds. The first kappa shape index (κ1) is 22.2. The molecular weight excluding hydrogens is 438 g/mol. The summed E-state index contributed by atoms with van der Waals surface area (Å²) < 4.78 is 28.9. The summed E-state index contributed by atoms with van der Waals surface area (Å²) in [7, 11) is 0. The summed E-state index contributed by atoms with van der Waals surface area (Å²) >= 11 is 0. The molecule has 0 aromatic carbocycles. The van der Waals surface area contributed by atoms with Crippen molar-refractivity contribution in [2.45, 2.75) is 45.3 Å². The number of nitrogens with two attached hydrogens (primary N) is 1. The molecule has 4 atom stereocenters. The fraction of sp³-hybridized carbons (Fsp3) is 0.400. The number of imidazole rings is 1. The van der Waals surface area contributed by atoms with Gasteiger partial charge in [-0.3, -0.25) is 19.0 Å². The molecule has 4 heterocycles. The number of fused-ring (bicyclic) bond motifs is 1. The van der Waals surface area contributed by atoms with Crippen molar-refractivity contribution in [3.05, 3.63) is 24.9 Å². The van der Waals surface area contributed by atoms with Crippen LogP contribution in [0.15, 0.2) is 29.3 Å². The van der Waals surface area contributed by atoms with Crippen LogP contribution in [0.25, 0.3) is 22.6 Å². The van der Waals surface area contributed by atoms with Gasteiger partial charge in [0.05, 0.1) is 11.8 Å². The normalized spacial score (nSPS) is 22.3. The number of hydrogen-bond donors (Lipinski definition) is 1. The zero-order valence-corrected chi connectivity index (χ0v) is 18.0. The zero-order valence-electron chi connectivity index (χ0n) is 18.0. The third kappa shape index (κ3) is 4.35. The van der Waals surface area contributed by atoms with Gasteiger partial charge in [0.1, 0.15) is 31.1 Å². The monoisotopic (exact) mass is 459 g/mol. The van der Waals surface area contributed by atoms with Crippen LogP contribution in [0, 0.1) is 0 Å². The topological polar surface area (TPSA) is 171 Å². The number of carbonyl (C=O) groups is 3. The molecule has 0 aliphatic carbocycles. The Morgan fingerprint density at radius 3 is 2.45 bits per heavy atom. The Labute approximate surface area is 186 Å². The number of nitrogens with zero attached hydrogens (tertiary/aromatic N) is 4. The van der Waals surface area contributed by atoms with Crippen LogP contribution in [0.3, 0.4) is 0 Å². The summed E-state index contributed by atoms with van der Waals surface area (Å²) in [5.74, 6) is -1.37. The number of carbonyl (C=O) groups excluding carboxylic acids is 3. The van der Waals surface area contributed by atoms with Crippen LogP contribution >= 0.6 is 0 Å². The molecule has 0 spiro atoms. The minimum absolute atomic E-state index is 0.124. The van der Waals surface area contributed by atoms with Crippen molar-refractivity contribution in [2.24, 2.45) is 0 Å². The van der Waals surface area contributed by atoms with Gasteiger partial charge in [-0.2, -0.15) is 0 Å². The SMILES string of the molecule is CC(=O)OC[C@H]1O[C@@H](n2c(-c3ccoc3)nc3c(N)ncnc32)C(OC(C)=O)C1OC(C)=O. The molecule has 33 heavy (non-hydrogen) atoms. The predicted molar refractivity (Wildman–Crippen MR) is 109 cm³/mol. The Hall–Kier alpha value is -4.00. The van der Waals surface area contributed by atoms with Crippen LogP contribution in [0.2, 0.25) is 0 Å². The molecule has 13 heteroatoms. The number of nitrogen functional groups attached to an aromatic ring is 1. The fourth-order valence-electron chi connectivity index (χ4n) is 3.66. The Bertz CT molecular complexity index is 1190. The summed E-state index contributed by atoms with van der Waals surface area (Å²) in [5, 5.41) is 0. The van der Waals surface area contributed by atoms with Crippen LogP contribution in [-0.2, 0) is 33.3 Å². The fourth-order valence-corrected chi connectivity index (χ4v) is 3.66. The lowest BCUT2D eigenvalue weighted by Gasteiger charge is -2.24. The van der Waals surface area contributed by atoms with E-state index in [0.29, 0.717) is 11.4 Å². The van der Waals surface area contributed by atoms with Crippen LogP contribution in [0.1, 0.15) is 27.0 Å². The number of hydrogen-bond acceptors (Lipinski definition) is 12. The summed E-state index contributed by atoms with van der Waals surface area (Å²) in [5.41, 5.74) is 7.14. The highest BCUT2D eigenvalue weighted by molar-refractivity contribution is 5.85. The van der Waals surface area contributed by atoms with Gasteiger partial charge in [-0.05, 0) is 6.07 Å². The molecule has 174 valence electrons. The number of furan rings is 1. The Kier molecular flexibility index (Phi) is 5.96. The van der Waals surface area contributed by atoms with Gasteiger partial charge in [0.15, 0.2) is 35.4 Å². The van der Waals surface area contributed by atoms with Crippen molar-refractivity contribution in [1.29, 1.82) is 0 Å². The van der Waals surface area contributed by atoms with Crippen molar-refractivity contribution in [1.82, 2.24) is 19.5 Å². The largest absolute Gasteiger partial charge is 0.472 e. The zero-order chi connectivity index (χ0) is 23.7. The first-order valence-corrected chi connectivity index (χ1v) is 9.90. The van der Waals surface area contributed by atoms with Gasteiger partial charge in [0, 0.05) is 20.8 Å². The summed E-state index contributed by atoms with van der Waals surface area (Å²) in [4.78, 5) is 48.0. The third-order valence-corrected chi connectivity index (χ3v) is 4.88. The quantitative estimate of drug-likeness (QED) is 0.410. The first-order chi connectivity index (χ1) is 15.8. The van der Waals surface area contributed by atoms with E-state index in [0.717, 1.165) is 0 Å². The van der Waals surface area contributed by atoms with Gasteiger partial charge in [0.25, 0.3) is 0 Å². The molecular formula is C20H21N5O8. The molecule has 13 nitrogen and oxygen atoms in total. The second-order valence-electron chi connectivity index (χ2n) is 7.26. The predicted octanol–water partition coefficient (Wildman–Crippen LogP) is 0.992. The van der Waals surface area contributed by atoms with Crippen molar-refractivity contribution >= 4 is 34.9 Å².